The minimum absolute atomic E-state index is 0.0163. The van der Waals surface area contributed by atoms with Crippen molar-refractivity contribution < 1.29 is 13.9 Å². The van der Waals surface area contributed by atoms with Crippen LogP contribution in [0.25, 0.3) is 0 Å². The fourth-order valence-corrected chi connectivity index (χ4v) is 2.02. The highest BCUT2D eigenvalue weighted by Crippen LogP contribution is 2.15. The summed E-state index contributed by atoms with van der Waals surface area (Å²) in [5.41, 5.74) is 0.102. The molecular weight excluding hydrogens is 319 g/mol. The van der Waals surface area contributed by atoms with Gasteiger partial charge < -0.3 is 9.64 Å². The van der Waals surface area contributed by atoms with Crippen LogP contribution in [0.5, 0.6) is 0 Å². The molecule has 6 nitrogen and oxygen atoms in total. The van der Waals surface area contributed by atoms with Crippen LogP contribution in [-0.2, 0) is 4.74 Å². The predicted octanol–water partition coefficient (Wildman–Crippen LogP) is 0.980. The Balaban J connectivity index is 2.04. The quantitative estimate of drug-likeness (QED) is 0.457. The van der Waals surface area contributed by atoms with Gasteiger partial charge in [0, 0.05) is 29.8 Å². The highest BCUT2D eigenvalue weighted by Gasteiger charge is 2.18. The molecule has 1 aromatic rings. The molecule has 0 radical (unpaired) electrons. The molecule has 2 N–H and O–H groups in total. The van der Waals surface area contributed by atoms with Gasteiger partial charge in [-0.25, -0.2) is 4.98 Å². The van der Waals surface area contributed by atoms with Crippen LogP contribution in [-0.4, -0.2) is 48.1 Å². The third-order valence-electron chi connectivity index (χ3n) is 2.63. The van der Waals surface area contributed by atoms with Crippen LogP contribution in [0.15, 0.2) is 16.7 Å². The number of nitrogens with zero attached hydrogens (tertiary/aromatic N) is 2. The van der Waals surface area contributed by atoms with Gasteiger partial charge in [0.1, 0.15) is 0 Å². The van der Waals surface area contributed by atoms with E-state index in [2.05, 4.69) is 26.2 Å². The van der Waals surface area contributed by atoms with Gasteiger partial charge in [-0.2, -0.15) is 4.39 Å². The van der Waals surface area contributed by atoms with E-state index in [-0.39, 0.29) is 11.5 Å². The Hall–Kier alpha value is -1.54. The van der Waals surface area contributed by atoms with Crippen molar-refractivity contribution in [2.45, 2.75) is 0 Å². The maximum Gasteiger partial charge on any atom is 0.259 e. The third kappa shape index (κ3) is 3.48. The molecule has 1 aliphatic rings. The lowest BCUT2D eigenvalue weighted by atomic mass is 10.2. The van der Waals surface area contributed by atoms with Crippen molar-refractivity contribution in [1.29, 1.82) is 5.41 Å². The zero-order chi connectivity index (χ0) is 13.8. The van der Waals surface area contributed by atoms with Crippen molar-refractivity contribution in [3.63, 3.8) is 0 Å². The van der Waals surface area contributed by atoms with Crippen molar-refractivity contribution in [3.05, 3.63) is 28.2 Å². The Labute approximate surface area is 117 Å². The van der Waals surface area contributed by atoms with Crippen molar-refractivity contribution in [2.75, 3.05) is 26.3 Å². The van der Waals surface area contributed by atoms with E-state index in [1.54, 1.807) is 4.90 Å². The Morgan fingerprint density at radius 3 is 2.89 bits per heavy atom. The van der Waals surface area contributed by atoms with E-state index in [1.165, 1.54) is 6.20 Å². The lowest BCUT2D eigenvalue weighted by Gasteiger charge is -2.28. The Morgan fingerprint density at radius 1 is 1.53 bits per heavy atom. The minimum Gasteiger partial charge on any atom is -0.378 e. The molecule has 0 saturated carbocycles. The molecule has 0 aromatic carbocycles. The van der Waals surface area contributed by atoms with Crippen LogP contribution in [0.3, 0.4) is 0 Å². The number of amides is 1. The normalized spacial score (nSPS) is 15.2. The van der Waals surface area contributed by atoms with E-state index in [0.717, 1.165) is 6.07 Å². The van der Waals surface area contributed by atoms with Crippen LogP contribution in [0.1, 0.15) is 10.4 Å². The molecule has 8 heteroatoms. The molecule has 19 heavy (non-hydrogen) atoms. The topological polar surface area (TPSA) is 78.3 Å². The summed E-state index contributed by atoms with van der Waals surface area (Å²) in [7, 11) is 0. The first-order valence-corrected chi connectivity index (χ1v) is 6.41. The summed E-state index contributed by atoms with van der Waals surface area (Å²) < 4.78 is 18.5. The lowest BCUT2D eigenvalue weighted by Crippen LogP contribution is -2.48. The van der Waals surface area contributed by atoms with E-state index in [9.17, 15) is 9.18 Å². The second-order valence-corrected chi connectivity index (χ2v) is 4.74. The molecular formula is C11H12BrFN4O2. The lowest BCUT2D eigenvalue weighted by molar-refractivity contribution is 0.0653. The van der Waals surface area contributed by atoms with Gasteiger partial charge in [0.05, 0.1) is 18.8 Å². The van der Waals surface area contributed by atoms with Gasteiger partial charge in [0.2, 0.25) is 5.95 Å². The number of rotatable bonds is 1. The summed E-state index contributed by atoms with van der Waals surface area (Å²) in [4.78, 5) is 17.0. The average Bonchev–Trinajstić information content (AvgIpc) is 2.42. The molecule has 0 atom stereocenters. The molecule has 1 aliphatic heterocycles. The first-order chi connectivity index (χ1) is 9.08. The number of halogens is 2. The fraction of sp³-hybridized carbons (Fsp3) is 0.364. The van der Waals surface area contributed by atoms with E-state index in [4.69, 9.17) is 10.1 Å². The summed E-state index contributed by atoms with van der Waals surface area (Å²) in [5, 5.41) is 10.2. The van der Waals surface area contributed by atoms with Crippen molar-refractivity contribution >= 4 is 27.8 Å². The van der Waals surface area contributed by atoms with Gasteiger partial charge in [-0.15, -0.1) is 0 Å². The minimum atomic E-state index is -0.744. The maximum absolute atomic E-state index is 13.0. The van der Waals surface area contributed by atoms with Crippen LogP contribution >= 0.6 is 15.9 Å². The molecule has 1 amide bonds. The van der Waals surface area contributed by atoms with Crippen LogP contribution < -0.4 is 5.32 Å². The van der Waals surface area contributed by atoms with Gasteiger partial charge in [0.25, 0.3) is 5.91 Å². The maximum atomic E-state index is 13.0. The number of pyridine rings is 1. The highest BCUT2D eigenvalue weighted by atomic mass is 79.9. The molecule has 0 spiro atoms. The van der Waals surface area contributed by atoms with E-state index in [0.29, 0.717) is 30.8 Å². The highest BCUT2D eigenvalue weighted by molar-refractivity contribution is 9.10. The monoisotopic (exact) mass is 330 g/mol. The number of guanidine groups is 1. The smallest absolute Gasteiger partial charge is 0.259 e. The molecule has 0 bridgehead atoms. The van der Waals surface area contributed by atoms with Crippen molar-refractivity contribution in [1.82, 2.24) is 15.2 Å². The van der Waals surface area contributed by atoms with E-state index in [1.807, 2.05) is 0 Å². The molecule has 0 aliphatic carbocycles. The second kappa shape index (κ2) is 6.07. The SMILES string of the molecule is N=C(NC(=O)c1cc(F)ncc1Br)N1CCOCC1. The summed E-state index contributed by atoms with van der Waals surface area (Å²) in [6.07, 6.45) is 1.21. The van der Waals surface area contributed by atoms with E-state index < -0.39 is 11.9 Å². The molecule has 2 rings (SSSR count). The average molecular weight is 331 g/mol. The van der Waals surface area contributed by atoms with Gasteiger partial charge in [0.15, 0.2) is 5.96 Å². The molecule has 2 heterocycles. The van der Waals surface area contributed by atoms with Crippen LogP contribution in [0.4, 0.5) is 4.39 Å². The standard InChI is InChI=1S/C11H12BrFN4O2/c12-8-6-15-9(13)5-7(8)10(18)16-11(14)17-1-3-19-4-2-17/h5-6H,1-4H2,(H2,14,16,18). The third-order valence-corrected chi connectivity index (χ3v) is 3.26. The molecule has 1 saturated heterocycles. The van der Waals surface area contributed by atoms with Gasteiger partial charge >= 0.3 is 0 Å². The summed E-state index contributed by atoms with van der Waals surface area (Å²) in [6, 6.07) is 1.02. The molecule has 102 valence electrons. The Morgan fingerprint density at radius 2 is 2.21 bits per heavy atom. The number of carbonyl (C=O) groups excluding carboxylic acids is 1. The number of morpholine rings is 1. The number of hydrogen-bond acceptors (Lipinski definition) is 4. The predicted molar refractivity (Wildman–Crippen MR) is 69.5 cm³/mol. The number of hydrogen-bond donors (Lipinski definition) is 2. The first-order valence-electron chi connectivity index (χ1n) is 5.61. The fourth-order valence-electron chi connectivity index (χ4n) is 1.63. The molecule has 0 unspecified atom stereocenters. The summed E-state index contributed by atoms with van der Waals surface area (Å²) in [6.45, 7) is 2.13. The van der Waals surface area contributed by atoms with Gasteiger partial charge in [-0.1, -0.05) is 0 Å². The van der Waals surface area contributed by atoms with Crippen LogP contribution in [0, 0.1) is 11.4 Å². The van der Waals surface area contributed by atoms with Crippen LogP contribution in [0.2, 0.25) is 0 Å². The number of aromatic nitrogens is 1. The largest absolute Gasteiger partial charge is 0.378 e. The van der Waals surface area contributed by atoms with Gasteiger partial charge in [-0.3, -0.25) is 15.5 Å². The van der Waals surface area contributed by atoms with Gasteiger partial charge in [-0.05, 0) is 15.9 Å². The Kier molecular flexibility index (Phi) is 4.43. The second-order valence-electron chi connectivity index (χ2n) is 3.89. The number of nitrogens with one attached hydrogen (secondary N) is 2. The molecule has 1 fully saturated rings. The number of carbonyl (C=O) groups is 1. The van der Waals surface area contributed by atoms with Crippen molar-refractivity contribution in [3.8, 4) is 0 Å². The van der Waals surface area contributed by atoms with E-state index >= 15 is 0 Å². The Bertz CT molecular complexity index is 505. The van der Waals surface area contributed by atoms with Crippen molar-refractivity contribution in [2.24, 2.45) is 0 Å². The first kappa shape index (κ1) is 13.9. The zero-order valence-corrected chi connectivity index (χ0v) is 11.5. The number of ether oxygens (including phenoxy) is 1. The summed E-state index contributed by atoms with van der Waals surface area (Å²) in [5.74, 6) is -1.31. The molecule has 1 aromatic heterocycles. The zero-order valence-electron chi connectivity index (χ0n) is 9.95. The summed E-state index contributed by atoms with van der Waals surface area (Å²) >= 11 is 3.12.